The van der Waals surface area contributed by atoms with E-state index in [0.717, 1.165) is 13.0 Å². The fraction of sp³-hybridized carbons (Fsp3) is 0.500. The highest BCUT2D eigenvalue weighted by atomic mass is 16.5. The van der Waals surface area contributed by atoms with E-state index in [4.69, 9.17) is 4.74 Å². The first kappa shape index (κ1) is 8.76. The van der Waals surface area contributed by atoms with Crippen LogP contribution in [-0.4, -0.2) is 12.7 Å². The van der Waals surface area contributed by atoms with Gasteiger partial charge in [-0.15, -0.1) is 0 Å². The highest BCUT2D eigenvalue weighted by molar-refractivity contribution is 5.36. The normalized spacial score (nSPS) is 26.0. The second kappa shape index (κ2) is 3.51. The third-order valence-electron chi connectivity index (χ3n) is 2.91. The average Bonchev–Trinajstić information content (AvgIpc) is 2.46. The molecule has 0 saturated heterocycles. The van der Waals surface area contributed by atoms with Gasteiger partial charge in [-0.2, -0.15) is 0 Å². The first-order valence-electron chi connectivity index (χ1n) is 5.02. The standard InChI is InChI=1S/C12H16O/c1-3-13-12-8-10-6-4-5-7-11(10)9(12)2/h4-7,9,12H,3,8H2,1-2H3. The van der Waals surface area contributed by atoms with Gasteiger partial charge in [0.05, 0.1) is 6.10 Å². The van der Waals surface area contributed by atoms with E-state index < -0.39 is 0 Å². The van der Waals surface area contributed by atoms with Gasteiger partial charge in [-0.25, -0.2) is 0 Å². The number of rotatable bonds is 2. The summed E-state index contributed by atoms with van der Waals surface area (Å²) in [6, 6.07) is 8.66. The van der Waals surface area contributed by atoms with Crippen LogP contribution in [0.1, 0.15) is 30.9 Å². The second-order valence-electron chi connectivity index (χ2n) is 3.69. The first-order chi connectivity index (χ1) is 6.33. The van der Waals surface area contributed by atoms with Crippen LogP contribution in [0.5, 0.6) is 0 Å². The molecule has 0 amide bonds. The molecule has 0 N–H and O–H groups in total. The van der Waals surface area contributed by atoms with Gasteiger partial charge in [0, 0.05) is 12.5 Å². The van der Waals surface area contributed by atoms with Crippen molar-refractivity contribution in [1.82, 2.24) is 0 Å². The summed E-state index contributed by atoms with van der Waals surface area (Å²) in [5.74, 6) is 0.566. The Morgan fingerprint density at radius 2 is 2.15 bits per heavy atom. The minimum Gasteiger partial charge on any atom is -0.378 e. The van der Waals surface area contributed by atoms with Crippen molar-refractivity contribution in [3.8, 4) is 0 Å². The van der Waals surface area contributed by atoms with Crippen molar-refractivity contribution in [2.75, 3.05) is 6.61 Å². The van der Waals surface area contributed by atoms with Crippen LogP contribution >= 0.6 is 0 Å². The zero-order chi connectivity index (χ0) is 9.26. The molecule has 0 saturated carbocycles. The van der Waals surface area contributed by atoms with E-state index in [9.17, 15) is 0 Å². The van der Waals surface area contributed by atoms with Crippen molar-refractivity contribution in [2.24, 2.45) is 0 Å². The molecule has 1 aromatic carbocycles. The average molecular weight is 176 g/mol. The van der Waals surface area contributed by atoms with Crippen molar-refractivity contribution in [3.05, 3.63) is 35.4 Å². The molecule has 0 aliphatic heterocycles. The lowest BCUT2D eigenvalue weighted by Gasteiger charge is -2.15. The minimum atomic E-state index is 0.405. The van der Waals surface area contributed by atoms with E-state index in [0.29, 0.717) is 12.0 Å². The molecule has 1 nitrogen and oxygen atoms in total. The molecule has 1 aromatic rings. The summed E-state index contributed by atoms with van der Waals surface area (Å²) in [6.07, 6.45) is 1.49. The van der Waals surface area contributed by atoms with Crippen LogP contribution in [-0.2, 0) is 11.2 Å². The molecule has 0 radical (unpaired) electrons. The monoisotopic (exact) mass is 176 g/mol. The van der Waals surface area contributed by atoms with Gasteiger partial charge in [-0.05, 0) is 24.5 Å². The lowest BCUT2D eigenvalue weighted by molar-refractivity contribution is 0.0555. The van der Waals surface area contributed by atoms with Crippen molar-refractivity contribution in [1.29, 1.82) is 0 Å². The number of fused-ring (bicyclic) bond motifs is 1. The molecule has 2 rings (SSSR count). The maximum absolute atomic E-state index is 5.70. The minimum absolute atomic E-state index is 0.405. The smallest absolute Gasteiger partial charge is 0.0681 e. The Morgan fingerprint density at radius 3 is 2.85 bits per heavy atom. The van der Waals surface area contributed by atoms with Crippen molar-refractivity contribution < 1.29 is 4.74 Å². The molecule has 70 valence electrons. The second-order valence-corrected chi connectivity index (χ2v) is 3.69. The summed E-state index contributed by atoms with van der Waals surface area (Å²) >= 11 is 0. The van der Waals surface area contributed by atoms with Gasteiger partial charge in [0.25, 0.3) is 0 Å². The SMILES string of the molecule is CCOC1Cc2ccccc2C1C. The van der Waals surface area contributed by atoms with E-state index in [-0.39, 0.29) is 0 Å². The van der Waals surface area contributed by atoms with E-state index in [1.165, 1.54) is 11.1 Å². The predicted octanol–water partition coefficient (Wildman–Crippen LogP) is 2.75. The Balaban J connectivity index is 2.22. The quantitative estimate of drug-likeness (QED) is 0.673. The summed E-state index contributed by atoms with van der Waals surface area (Å²) in [5, 5.41) is 0. The van der Waals surface area contributed by atoms with E-state index in [1.54, 1.807) is 0 Å². The summed E-state index contributed by atoms with van der Waals surface area (Å²) in [4.78, 5) is 0. The largest absolute Gasteiger partial charge is 0.378 e. The molecule has 1 heteroatoms. The Morgan fingerprint density at radius 1 is 1.38 bits per heavy atom. The van der Waals surface area contributed by atoms with Gasteiger partial charge in [-0.3, -0.25) is 0 Å². The number of benzene rings is 1. The molecule has 0 aromatic heterocycles. The van der Waals surface area contributed by atoms with Gasteiger partial charge < -0.3 is 4.74 Å². The molecular weight excluding hydrogens is 160 g/mol. The Labute approximate surface area is 79.7 Å². The van der Waals surface area contributed by atoms with Crippen molar-refractivity contribution in [3.63, 3.8) is 0 Å². The zero-order valence-electron chi connectivity index (χ0n) is 8.29. The highest BCUT2D eigenvalue weighted by Crippen LogP contribution is 2.34. The fourth-order valence-corrected chi connectivity index (χ4v) is 2.18. The van der Waals surface area contributed by atoms with Crippen LogP contribution in [0.15, 0.2) is 24.3 Å². The molecule has 0 heterocycles. The molecule has 2 unspecified atom stereocenters. The molecule has 1 aliphatic rings. The summed E-state index contributed by atoms with van der Waals surface area (Å²) in [5.41, 5.74) is 2.94. The van der Waals surface area contributed by atoms with E-state index in [2.05, 4.69) is 38.1 Å². The van der Waals surface area contributed by atoms with Gasteiger partial charge in [0.15, 0.2) is 0 Å². The predicted molar refractivity (Wildman–Crippen MR) is 54.0 cm³/mol. The molecule has 2 atom stereocenters. The molecule has 13 heavy (non-hydrogen) atoms. The number of hydrogen-bond donors (Lipinski definition) is 0. The van der Waals surface area contributed by atoms with Crippen LogP contribution in [0.2, 0.25) is 0 Å². The molecule has 0 fully saturated rings. The Kier molecular flexibility index (Phi) is 2.36. The Hall–Kier alpha value is -0.820. The van der Waals surface area contributed by atoms with E-state index >= 15 is 0 Å². The van der Waals surface area contributed by atoms with Crippen molar-refractivity contribution in [2.45, 2.75) is 32.3 Å². The summed E-state index contributed by atoms with van der Waals surface area (Å²) in [7, 11) is 0. The third kappa shape index (κ3) is 1.49. The van der Waals surface area contributed by atoms with Crippen LogP contribution in [0.3, 0.4) is 0 Å². The molecular formula is C12H16O. The van der Waals surface area contributed by atoms with Gasteiger partial charge in [0.1, 0.15) is 0 Å². The molecule has 0 spiro atoms. The van der Waals surface area contributed by atoms with E-state index in [1.807, 2.05) is 0 Å². The maximum Gasteiger partial charge on any atom is 0.0681 e. The lowest BCUT2D eigenvalue weighted by Crippen LogP contribution is -2.16. The Bertz CT molecular complexity index is 293. The third-order valence-corrected chi connectivity index (χ3v) is 2.91. The van der Waals surface area contributed by atoms with Crippen LogP contribution in [0.4, 0.5) is 0 Å². The summed E-state index contributed by atoms with van der Waals surface area (Å²) in [6.45, 7) is 5.14. The zero-order valence-corrected chi connectivity index (χ0v) is 8.29. The van der Waals surface area contributed by atoms with Crippen LogP contribution in [0, 0.1) is 0 Å². The van der Waals surface area contributed by atoms with Gasteiger partial charge in [0.2, 0.25) is 0 Å². The molecule has 0 bridgehead atoms. The number of ether oxygens (including phenoxy) is 1. The van der Waals surface area contributed by atoms with Gasteiger partial charge in [-0.1, -0.05) is 31.2 Å². The van der Waals surface area contributed by atoms with Crippen LogP contribution in [0.25, 0.3) is 0 Å². The highest BCUT2D eigenvalue weighted by Gasteiger charge is 2.28. The fourth-order valence-electron chi connectivity index (χ4n) is 2.18. The lowest BCUT2D eigenvalue weighted by atomic mass is 10.0. The van der Waals surface area contributed by atoms with Crippen LogP contribution < -0.4 is 0 Å². The maximum atomic E-state index is 5.70. The van der Waals surface area contributed by atoms with Crippen molar-refractivity contribution >= 4 is 0 Å². The topological polar surface area (TPSA) is 9.23 Å². The summed E-state index contributed by atoms with van der Waals surface area (Å²) < 4.78 is 5.70. The number of hydrogen-bond acceptors (Lipinski definition) is 1. The van der Waals surface area contributed by atoms with Gasteiger partial charge >= 0.3 is 0 Å². The molecule has 1 aliphatic carbocycles. The first-order valence-corrected chi connectivity index (χ1v) is 5.02.